The van der Waals surface area contributed by atoms with Gasteiger partial charge in [-0.1, -0.05) is 55.3 Å². The fourth-order valence-electron chi connectivity index (χ4n) is 5.07. The number of nitrogens with zero attached hydrogens (tertiary/aromatic N) is 4. The SMILES string of the molecule is Cc1cccc(-c2nnc(SCC(=O)c3c(N)n(C4CC4)c(=O)[nH]c3=O)n2[C@@H]2CCCC[C@H]2C)c1. The van der Waals surface area contributed by atoms with E-state index in [2.05, 4.69) is 32.7 Å². The topological polar surface area (TPSA) is 129 Å². The van der Waals surface area contributed by atoms with Crippen LogP contribution in [0.5, 0.6) is 0 Å². The third-order valence-corrected chi connectivity index (χ3v) is 7.99. The molecule has 184 valence electrons. The van der Waals surface area contributed by atoms with Gasteiger partial charge in [-0.25, -0.2) is 4.79 Å². The Hall–Kier alpha value is -3.14. The number of nitrogens with one attached hydrogen (secondary N) is 1. The Labute approximate surface area is 207 Å². The van der Waals surface area contributed by atoms with Gasteiger partial charge in [-0.15, -0.1) is 10.2 Å². The molecular weight excluding hydrogens is 464 g/mol. The molecule has 0 bridgehead atoms. The number of ketones is 1. The third kappa shape index (κ3) is 4.59. The van der Waals surface area contributed by atoms with E-state index in [4.69, 9.17) is 5.73 Å². The maximum Gasteiger partial charge on any atom is 0.330 e. The molecule has 2 atom stereocenters. The lowest BCUT2D eigenvalue weighted by molar-refractivity contribution is 0.102. The number of Topliss-reactive ketones (excluding diaryl/α,β-unsaturated/α-hetero) is 1. The Morgan fingerprint density at radius 3 is 2.63 bits per heavy atom. The minimum atomic E-state index is -0.738. The van der Waals surface area contributed by atoms with Gasteiger partial charge in [0.2, 0.25) is 0 Å². The van der Waals surface area contributed by atoms with Gasteiger partial charge in [0, 0.05) is 17.6 Å². The molecule has 0 radical (unpaired) electrons. The number of nitrogen functional groups attached to an aromatic ring is 1. The smallest absolute Gasteiger partial charge is 0.330 e. The van der Waals surface area contributed by atoms with Crippen molar-refractivity contribution in [2.45, 2.75) is 69.6 Å². The van der Waals surface area contributed by atoms with Crippen LogP contribution in [0.25, 0.3) is 11.4 Å². The van der Waals surface area contributed by atoms with E-state index in [-0.39, 0.29) is 29.2 Å². The first-order chi connectivity index (χ1) is 16.8. The summed E-state index contributed by atoms with van der Waals surface area (Å²) in [5.74, 6) is 0.755. The quantitative estimate of drug-likeness (QED) is 0.378. The molecule has 9 nitrogen and oxygen atoms in total. The fraction of sp³-hybridized carbons (Fsp3) is 0.480. The van der Waals surface area contributed by atoms with Crippen LogP contribution in [0.3, 0.4) is 0 Å². The molecule has 5 rings (SSSR count). The van der Waals surface area contributed by atoms with Crippen LogP contribution in [-0.2, 0) is 0 Å². The Morgan fingerprint density at radius 2 is 1.91 bits per heavy atom. The monoisotopic (exact) mass is 494 g/mol. The molecular formula is C25H30N6O3S. The van der Waals surface area contributed by atoms with Crippen molar-refractivity contribution in [1.82, 2.24) is 24.3 Å². The van der Waals surface area contributed by atoms with Crippen LogP contribution in [0, 0.1) is 12.8 Å². The summed E-state index contributed by atoms with van der Waals surface area (Å²) in [6, 6.07) is 8.36. The van der Waals surface area contributed by atoms with Crippen molar-refractivity contribution in [3.05, 3.63) is 56.2 Å². The molecule has 2 aliphatic rings. The number of nitrogens with two attached hydrogens (primary N) is 1. The number of aromatic nitrogens is 5. The molecule has 0 aliphatic heterocycles. The molecule has 3 N–H and O–H groups in total. The highest BCUT2D eigenvalue weighted by atomic mass is 32.2. The minimum Gasteiger partial charge on any atom is -0.384 e. The highest BCUT2D eigenvalue weighted by Gasteiger charge is 2.31. The third-order valence-electron chi connectivity index (χ3n) is 7.04. The van der Waals surface area contributed by atoms with Gasteiger partial charge < -0.3 is 5.73 Å². The first-order valence-corrected chi connectivity index (χ1v) is 13.2. The van der Waals surface area contributed by atoms with Crippen LogP contribution in [0.1, 0.15) is 73.5 Å². The van der Waals surface area contributed by atoms with Crippen molar-refractivity contribution in [2.75, 3.05) is 11.5 Å². The number of anilines is 1. The highest BCUT2D eigenvalue weighted by molar-refractivity contribution is 7.99. The van der Waals surface area contributed by atoms with Crippen molar-refractivity contribution >= 4 is 23.4 Å². The Bertz CT molecular complexity index is 1390. The number of hydrogen-bond acceptors (Lipinski definition) is 7. The highest BCUT2D eigenvalue weighted by Crippen LogP contribution is 2.39. The van der Waals surface area contributed by atoms with Crippen LogP contribution in [0.2, 0.25) is 0 Å². The Balaban J connectivity index is 1.47. The number of benzene rings is 1. The fourth-order valence-corrected chi connectivity index (χ4v) is 5.93. The average Bonchev–Trinajstić information content (AvgIpc) is 3.55. The number of aryl methyl sites for hydroxylation is 1. The van der Waals surface area contributed by atoms with Crippen molar-refractivity contribution in [3.63, 3.8) is 0 Å². The van der Waals surface area contributed by atoms with Gasteiger partial charge in [0.05, 0.1) is 5.75 Å². The van der Waals surface area contributed by atoms with E-state index in [0.29, 0.717) is 11.1 Å². The maximum absolute atomic E-state index is 13.1. The van der Waals surface area contributed by atoms with E-state index in [9.17, 15) is 14.4 Å². The zero-order valence-electron chi connectivity index (χ0n) is 20.0. The van der Waals surface area contributed by atoms with E-state index in [0.717, 1.165) is 49.1 Å². The molecule has 3 aromatic rings. The van der Waals surface area contributed by atoms with Crippen molar-refractivity contribution < 1.29 is 4.79 Å². The van der Waals surface area contributed by atoms with E-state index in [1.54, 1.807) is 0 Å². The molecule has 0 saturated heterocycles. The second-order valence-electron chi connectivity index (χ2n) is 9.71. The average molecular weight is 495 g/mol. The number of H-pyrrole nitrogens is 1. The van der Waals surface area contributed by atoms with E-state index in [1.165, 1.54) is 22.7 Å². The van der Waals surface area contributed by atoms with Crippen molar-refractivity contribution in [1.29, 1.82) is 0 Å². The van der Waals surface area contributed by atoms with Gasteiger partial charge in [0.1, 0.15) is 11.4 Å². The molecule has 2 aromatic heterocycles. The van der Waals surface area contributed by atoms with Gasteiger partial charge in [-0.05, 0) is 44.6 Å². The molecule has 2 fully saturated rings. The van der Waals surface area contributed by atoms with Gasteiger partial charge in [-0.3, -0.25) is 23.7 Å². The van der Waals surface area contributed by atoms with Crippen LogP contribution < -0.4 is 17.0 Å². The lowest BCUT2D eigenvalue weighted by Gasteiger charge is -2.31. The van der Waals surface area contributed by atoms with Crippen molar-refractivity contribution in [2.24, 2.45) is 5.92 Å². The summed E-state index contributed by atoms with van der Waals surface area (Å²) in [5.41, 5.74) is 6.81. The number of carbonyl (C=O) groups is 1. The van der Waals surface area contributed by atoms with Gasteiger partial charge in [0.15, 0.2) is 16.8 Å². The largest absolute Gasteiger partial charge is 0.384 e. The van der Waals surface area contributed by atoms with Gasteiger partial charge >= 0.3 is 5.69 Å². The number of hydrogen-bond donors (Lipinski definition) is 2. The summed E-state index contributed by atoms with van der Waals surface area (Å²) < 4.78 is 3.51. The number of thioether (sulfide) groups is 1. The molecule has 0 amide bonds. The number of carbonyl (C=O) groups excluding carboxylic acids is 1. The van der Waals surface area contributed by atoms with Crippen LogP contribution in [0.4, 0.5) is 5.82 Å². The normalized spacial score (nSPS) is 20.2. The maximum atomic E-state index is 13.1. The zero-order valence-corrected chi connectivity index (χ0v) is 20.8. The van der Waals surface area contributed by atoms with Gasteiger partial charge in [-0.2, -0.15) is 0 Å². The molecule has 2 aliphatic carbocycles. The summed E-state index contributed by atoms with van der Waals surface area (Å²) in [6.07, 6.45) is 6.12. The predicted molar refractivity (Wildman–Crippen MR) is 136 cm³/mol. The molecule has 2 saturated carbocycles. The summed E-state index contributed by atoms with van der Waals surface area (Å²) in [7, 11) is 0. The summed E-state index contributed by atoms with van der Waals surface area (Å²) in [6.45, 7) is 4.30. The van der Waals surface area contributed by atoms with Gasteiger partial charge in [0.25, 0.3) is 5.56 Å². The first-order valence-electron chi connectivity index (χ1n) is 12.2. The summed E-state index contributed by atoms with van der Waals surface area (Å²) >= 11 is 1.26. The van der Waals surface area contributed by atoms with Crippen molar-refractivity contribution in [3.8, 4) is 11.4 Å². The standard InChI is InChI=1S/C25H30N6O3S/c1-14-6-5-8-16(12-14)22-28-29-25(31(22)18-9-4-3-7-15(18)2)35-13-19(32)20-21(26)30(17-10-11-17)24(34)27-23(20)33/h5-6,8,12,15,17-18H,3-4,7,9-11,13,26H2,1-2H3,(H,27,33,34)/t15-,18-/m1/s1. The number of aromatic amines is 1. The van der Waals surface area contributed by atoms with E-state index >= 15 is 0 Å². The van der Waals surface area contributed by atoms with Crippen LogP contribution in [0.15, 0.2) is 39.0 Å². The Morgan fingerprint density at radius 1 is 1.14 bits per heavy atom. The van der Waals surface area contributed by atoms with Crippen LogP contribution >= 0.6 is 11.8 Å². The summed E-state index contributed by atoms with van der Waals surface area (Å²) in [5, 5.41) is 9.64. The minimum absolute atomic E-state index is 0.0246. The second-order valence-corrected chi connectivity index (χ2v) is 10.6. The molecule has 10 heteroatoms. The molecule has 35 heavy (non-hydrogen) atoms. The second kappa shape index (κ2) is 9.49. The zero-order chi connectivity index (χ0) is 24.7. The summed E-state index contributed by atoms with van der Waals surface area (Å²) in [4.78, 5) is 40.1. The molecule has 0 unspecified atom stereocenters. The predicted octanol–water partition coefficient (Wildman–Crippen LogP) is 3.75. The molecule has 1 aromatic carbocycles. The first kappa shape index (κ1) is 23.6. The lowest BCUT2D eigenvalue weighted by Crippen LogP contribution is -2.36. The number of rotatable bonds is 7. The van der Waals surface area contributed by atoms with E-state index < -0.39 is 17.0 Å². The lowest BCUT2D eigenvalue weighted by atomic mass is 9.85. The molecule has 2 heterocycles. The van der Waals surface area contributed by atoms with E-state index in [1.807, 2.05) is 25.1 Å². The van der Waals surface area contributed by atoms with Crippen LogP contribution in [-0.4, -0.2) is 35.9 Å². The molecule has 0 spiro atoms. The Kier molecular flexibility index (Phi) is 6.39.